The molecule has 2 N–H and O–H groups in total. The molecule has 1 aliphatic heterocycles. The minimum atomic E-state index is -0.716. The first-order chi connectivity index (χ1) is 15.7. The quantitative estimate of drug-likeness (QED) is 0.138. The van der Waals surface area contributed by atoms with Crippen LogP contribution in [0.25, 0.3) is 0 Å². The van der Waals surface area contributed by atoms with Gasteiger partial charge < -0.3 is 15.4 Å². The highest BCUT2D eigenvalue weighted by atomic mass is 32.2. The van der Waals surface area contributed by atoms with E-state index in [1.54, 1.807) is 11.9 Å². The lowest BCUT2D eigenvalue weighted by Gasteiger charge is -2.43. The number of allylic oxidation sites excluding steroid dienone is 2. The number of nitrogens with two attached hydrogens (primary N) is 1. The highest BCUT2D eigenvalue weighted by Crippen LogP contribution is 2.45. The van der Waals surface area contributed by atoms with E-state index in [-0.39, 0.29) is 16.9 Å². The van der Waals surface area contributed by atoms with E-state index in [9.17, 15) is 13.6 Å². The second-order valence-corrected chi connectivity index (χ2v) is 9.94. The largest absolute Gasteiger partial charge is 0.487 e. The lowest BCUT2D eigenvalue weighted by Crippen LogP contribution is -2.51. The van der Waals surface area contributed by atoms with Gasteiger partial charge in [0.15, 0.2) is 12.0 Å². The number of nitrogens with zero attached hydrogens (tertiary/aromatic N) is 3. The normalized spacial score (nSPS) is 18.1. The van der Waals surface area contributed by atoms with Gasteiger partial charge in [-0.25, -0.2) is 13.1 Å². The average Bonchev–Trinajstić information content (AvgIpc) is 3.47. The molecule has 1 saturated heterocycles. The molecule has 1 aliphatic carbocycles. The standard InChI is InChI=1S/C24H26F2N4O2S/c1-16-7-20(3-4-21(16)27)33-30-14-29(15-30)22(23(12-31)32-13-24(2)5-6-24)11-28-19-9-17(25)8-18(26)10-19/h3-4,7-12H,5-6,13-15,27H2,1-2H3/b23-22-,28-11?. The fourth-order valence-corrected chi connectivity index (χ4v) is 4.28. The van der Waals surface area contributed by atoms with Crippen molar-refractivity contribution in [3.8, 4) is 0 Å². The van der Waals surface area contributed by atoms with E-state index < -0.39 is 11.6 Å². The van der Waals surface area contributed by atoms with Gasteiger partial charge in [0.05, 0.1) is 31.8 Å². The number of ether oxygens (including phenoxy) is 1. The maximum absolute atomic E-state index is 13.5. The number of halogens is 2. The molecule has 1 saturated carbocycles. The summed E-state index contributed by atoms with van der Waals surface area (Å²) in [4.78, 5) is 19.1. The summed E-state index contributed by atoms with van der Waals surface area (Å²) in [5.74, 6) is -1.27. The van der Waals surface area contributed by atoms with Crippen molar-refractivity contribution in [1.82, 2.24) is 9.21 Å². The zero-order valence-electron chi connectivity index (χ0n) is 18.6. The van der Waals surface area contributed by atoms with Gasteiger partial charge in [0.1, 0.15) is 17.3 Å². The second-order valence-electron chi connectivity index (χ2n) is 8.77. The number of hydrogen-bond acceptors (Lipinski definition) is 7. The monoisotopic (exact) mass is 472 g/mol. The summed E-state index contributed by atoms with van der Waals surface area (Å²) in [6, 6.07) is 8.91. The fourth-order valence-electron chi connectivity index (χ4n) is 3.23. The summed E-state index contributed by atoms with van der Waals surface area (Å²) in [5, 5.41) is 0. The zero-order valence-corrected chi connectivity index (χ0v) is 19.4. The Morgan fingerprint density at radius 2 is 1.91 bits per heavy atom. The maximum atomic E-state index is 13.5. The first-order valence-electron chi connectivity index (χ1n) is 10.6. The third-order valence-electron chi connectivity index (χ3n) is 5.70. The van der Waals surface area contributed by atoms with Gasteiger partial charge in [0, 0.05) is 22.1 Å². The minimum absolute atomic E-state index is 0.0893. The molecule has 0 atom stereocenters. The number of nitrogen functional groups attached to an aromatic ring is 1. The molecule has 0 spiro atoms. The highest BCUT2D eigenvalue weighted by molar-refractivity contribution is 7.97. The van der Waals surface area contributed by atoms with Crippen molar-refractivity contribution >= 4 is 35.8 Å². The molecule has 1 heterocycles. The molecule has 0 bridgehead atoms. The molecule has 174 valence electrons. The molecule has 2 aromatic rings. The summed E-state index contributed by atoms with van der Waals surface area (Å²) < 4.78 is 35.0. The molecule has 9 heteroatoms. The summed E-state index contributed by atoms with van der Waals surface area (Å²) >= 11 is 1.58. The second kappa shape index (κ2) is 9.52. The van der Waals surface area contributed by atoms with Crippen molar-refractivity contribution < 1.29 is 18.3 Å². The number of aliphatic imine (C=N–C) groups is 1. The third kappa shape index (κ3) is 5.91. The lowest BCUT2D eigenvalue weighted by atomic mass is 10.2. The van der Waals surface area contributed by atoms with E-state index in [1.165, 1.54) is 6.21 Å². The van der Waals surface area contributed by atoms with Crippen LogP contribution in [0.3, 0.4) is 0 Å². The Morgan fingerprint density at radius 1 is 1.21 bits per heavy atom. The van der Waals surface area contributed by atoms with Gasteiger partial charge in [-0.3, -0.25) is 9.79 Å². The summed E-state index contributed by atoms with van der Waals surface area (Å²) in [7, 11) is 0. The van der Waals surface area contributed by atoms with Crippen molar-refractivity contribution in [2.45, 2.75) is 31.6 Å². The SMILES string of the molecule is Cc1cc(SN2CN(/C(C=Nc3cc(F)cc(F)c3)=C(/C=O)OCC3(C)CC3)C2)ccc1N. The number of carbonyl (C=O) groups excluding carboxylic acids is 1. The van der Waals surface area contributed by atoms with E-state index in [1.807, 2.05) is 30.0 Å². The molecule has 2 aliphatic rings. The van der Waals surface area contributed by atoms with Crippen molar-refractivity contribution in [3.05, 3.63) is 65.1 Å². The number of rotatable bonds is 9. The molecule has 0 unspecified atom stereocenters. The van der Waals surface area contributed by atoms with Gasteiger partial charge in [-0.05, 0) is 67.6 Å². The molecule has 4 rings (SSSR count). The summed E-state index contributed by atoms with van der Waals surface area (Å²) in [6.45, 7) is 5.54. The van der Waals surface area contributed by atoms with Gasteiger partial charge in [-0.2, -0.15) is 0 Å². The van der Waals surface area contributed by atoms with E-state index in [0.717, 1.165) is 47.2 Å². The van der Waals surface area contributed by atoms with Crippen LogP contribution in [0.1, 0.15) is 25.3 Å². The van der Waals surface area contributed by atoms with Crippen LogP contribution in [0.15, 0.2) is 57.7 Å². The van der Waals surface area contributed by atoms with Gasteiger partial charge >= 0.3 is 0 Å². The number of carbonyl (C=O) groups is 1. The first-order valence-corrected chi connectivity index (χ1v) is 11.4. The van der Waals surface area contributed by atoms with E-state index in [0.29, 0.717) is 31.9 Å². The van der Waals surface area contributed by atoms with Crippen molar-refractivity contribution in [1.29, 1.82) is 0 Å². The number of aryl methyl sites for hydroxylation is 1. The van der Waals surface area contributed by atoms with Gasteiger partial charge in [-0.15, -0.1) is 0 Å². The predicted molar refractivity (Wildman–Crippen MR) is 126 cm³/mol. The number of aldehydes is 1. The van der Waals surface area contributed by atoms with Gasteiger partial charge in [0.2, 0.25) is 0 Å². The van der Waals surface area contributed by atoms with E-state index in [4.69, 9.17) is 10.5 Å². The van der Waals surface area contributed by atoms with E-state index in [2.05, 4.69) is 16.2 Å². The Balaban J connectivity index is 1.51. The highest BCUT2D eigenvalue weighted by Gasteiger charge is 2.39. The molecule has 2 fully saturated rings. The van der Waals surface area contributed by atoms with Crippen LogP contribution in [-0.2, 0) is 9.53 Å². The molecular weight excluding hydrogens is 446 g/mol. The Labute approximate surface area is 196 Å². The van der Waals surface area contributed by atoms with Crippen molar-refractivity contribution in [2.24, 2.45) is 10.4 Å². The lowest BCUT2D eigenvalue weighted by molar-refractivity contribution is -0.108. The Kier molecular flexibility index (Phi) is 6.71. The molecule has 33 heavy (non-hydrogen) atoms. The van der Waals surface area contributed by atoms with Crippen LogP contribution < -0.4 is 5.73 Å². The number of benzene rings is 2. The number of hydrogen-bond donors (Lipinski definition) is 1. The molecular formula is C24H26F2N4O2S. The Hall–Kier alpha value is -2.91. The zero-order chi connectivity index (χ0) is 23.6. The molecule has 6 nitrogen and oxygen atoms in total. The van der Waals surface area contributed by atoms with Crippen LogP contribution in [0, 0.1) is 24.0 Å². The number of anilines is 1. The van der Waals surface area contributed by atoms with Gasteiger partial charge in [-0.1, -0.05) is 6.92 Å². The van der Waals surface area contributed by atoms with Crippen LogP contribution in [0.5, 0.6) is 0 Å². The summed E-state index contributed by atoms with van der Waals surface area (Å²) in [6.07, 6.45) is 4.21. The van der Waals surface area contributed by atoms with Crippen LogP contribution in [0.4, 0.5) is 20.2 Å². The Morgan fingerprint density at radius 3 is 2.52 bits per heavy atom. The van der Waals surface area contributed by atoms with Crippen LogP contribution in [0.2, 0.25) is 0 Å². The molecule has 0 radical (unpaired) electrons. The van der Waals surface area contributed by atoms with Crippen LogP contribution >= 0.6 is 11.9 Å². The Bertz CT molecular complexity index is 1090. The van der Waals surface area contributed by atoms with Crippen molar-refractivity contribution in [2.75, 3.05) is 25.7 Å². The fraction of sp³-hybridized carbons (Fsp3) is 0.333. The van der Waals surface area contributed by atoms with Gasteiger partial charge in [0.25, 0.3) is 0 Å². The third-order valence-corrected chi connectivity index (χ3v) is 6.65. The van der Waals surface area contributed by atoms with Crippen molar-refractivity contribution in [3.63, 3.8) is 0 Å². The maximum Gasteiger partial charge on any atom is 0.186 e. The smallest absolute Gasteiger partial charge is 0.186 e. The van der Waals surface area contributed by atoms with E-state index >= 15 is 0 Å². The summed E-state index contributed by atoms with van der Waals surface area (Å²) in [5.41, 5.74) is 8.34. The molecule has 2 aromatic carbocycles. The molecule has 0 aromatic heterocycles. The minimum Gasteiger partial charge on any atom is -0.487 e. The molecule has 0 amide bonds. The topological polar surface area (TPSA) is 71.2 Å². The average molecular weight is 473 g/mol. The van der Waals surface area contributed by atoms with Crippen LogP contribution in [-0.4, -0.2) is 41.7 Å². The first kappa shape index (κ1) is 23.3. The predicted octanol–water partition coefficient (Wildman–Crippen LogP) is 5.02.